The van der Waals surface area contributed by atoms with E-state index in [9.17, 15) is 13.6 Å². The van der Waals surface area contributed by atoms with E-state index in [0.717, 1.165) is 0 Å². The van der Waals surface area contributed by atoms with Gasteiger partial charge in [-0.1, -0.05) is 26.0 Å². The lowest BCUT2D eigenvalue weighted by molar-refractivity contribution is -0.138. The van der Waals surface area contributed by atoms with Crippen LogP contribution >= 0.6 is 0 Å². The zero-order valence-corrected chi connectivity index (χ0v) is 10.5. The number of ether oxygens (including phenoxy) is 1. The number of rotatable bonds is 5. The van der Waals surface area contributed by atoms with Crippen LogP contribution in [-0.2, 0) is 10.2 Å². The van der Waals surface area contributed by atoms with Crippen LogP contribution in [0.2, 0.25) is 0 Å². The number of carbonyl (C=O) groups is 1. The number of carboxylic acids is 1. The summed E-state index contributed by atoms with van der Waals surface area (Å²) >= 11 is 0. The predicted molar refractivity (Wildman–Crippen MR) is 63.2 cm³/mol. The average molecular weight is 258 g/mol. The Morgan fingerprint density at radius 2 is 2.06 bits per heavy atom. The molecule has 0 aliphatic carbocycles. The van der Waals surface area contributed by atoms with Crippen molar-refractivity contribution in [3.8, 4) is 5.75 Å². The summed E-state index contributed by atoms with van der Waals surface area (Å²) in [5.74, 6) is -0.941. The van der Waals surface area contributed by atoms with Gasteiger partial charge in [0.25, 0.3) is 6.43 Å². The topological polar surface area (TPSA) is 46.5 Å². The van der Waals surface area contributed by atoms with Gasteiger partial charge in [0, 0.05) is 5.41 Å². The molecule has 5 heteroatoms. The second-order valence-electron chi connectivity index (χ2n) is 4.68. The molecule has 1 rings (SSSR count). The molecule has 100 valence electrons. The van der Waals surface area contributed by atoms with E-state index in [1.165, 1.54) is 19.2 Å². The first-order valence-corrected chi connectivity index (χ1v) is 5.47. The molecule has 0 aromatic heterocycles. The summed E-state index contributed by atoms with van der Waals surface area (Å²) in [6, 6.07) is 4.55. The Bertz CT molecular complexity index is 442. The second kappa shape index (κ2) is 5.33. The largest absolute Gasteiger partial charge is 0.496 e. The van der Waals surface area contributed by atoms with E-state index in [2.05, 4.69) is 0 Å². The van der Waals surface area contributed by atoms with Crippen LogP contribution < -0.4 is 4.74 Å². The standard InChI is InChI=1S/C13H16F2O3/c1-13(2,7-10(16)17)8-5-4-6-9(18-3)11(8)12(14)15/h4-6,12H,7H2,1-3H3,(H,16,17). The summed E-state index contributed by atoms with van der Waals surface area (Å²) in [5, 5.41) is 8.85. The van der Waals surface area contributed by atoms with Crippen molar-refractivity contribution in [3.63, 3.8) is 0 Å². The van der Waals surface area contributed by atoms with Crippen molar-refractivity contribution in [2.24, 2.45) is 0 Å². The molecule has 0 bridgehead atoms. The van der Waals surface area contributed by atoms with Crippen LogP contribution in [0.5, 0.6) is 5.75 Å². The van der Waals surface area contributed by atoms with Gasteiger partial charge in [0.15, 0.2) is 0 Å². The van der Waals surface area contributed by atoms with Gasteiger partial charge in [0.1, 0.15) is 5.75 Å². The van der Waals surface area contributed by atoms with Crippen molar-refractivity contribution in [2.75, 3.05) is 7.11 Å². The van der Waals surface area contributed by atoms with Gasteiger partial charge < -0.3 is 9.84 Å². The molecule has 18 heavy (non-hydrogen) atoms. The maximum atomic E-state index is 13.1. The van der Waals surface area contributed by atoms with Gasteiger partial charge in [-0.3, -0.25) is 4.79 Å². The van der Waals surface area contributed by atoms with Crippen LogP contribution in [0.4, 0.5) is 8.78 Å². The second-order valence-corrected chi connectivity index (χ2v) is 4.68. The summed E-state index contributed by atoms with van der Waals surface area (Å²) in [5.41, 5.74) is -0.808. The molecule has 3 nitrogen and oxygen atoms in total. The third-order valence-corrected chi connectivity index (χ3v) is 2.83. The molecule has 0 aliphatic heterocycles. The minimum atomic E-state index is -2.70. The van der Waals surface area contributed by atoms with Crippen molar-refractivity contribution >= 4 is 5.97 Å². The molecule has 1 aromatic rings. The number of methoxy groups -OCH3 is 1. The molecule has 0 unspecified atom stereocenters. The predicted octanol–water partition coefficient (Wildman–Crippen LogP) is 3.39. The minimum absolute atomic E-state index is 0.0842. The van der Waals surface area contributed by atoms with E-state index >= 15 is 0 Å². The summed E-state index contributed by atoms with van der Waals surface area (Å²) in [7, 11) is 1.31. The number of benzene rings is 1. The Morgan fingerprint density at radius 1 is 1.44 bits per heavy atom. The van der Waals surface area contributed by atoms with Crippen molar-refractivity contribution in [3.05, 3.63) is 29.3 Å². The van der Waals surface area contributed by atoms with Crippen LogP contribution in [0, 0.1) is 0 Å². The van der Waals surface area contributed by atoms with E-state index in [-0.39, 0.29) is 17.7 Å². The zero-order chi connectivity index (χ0) is 13.9. The molecule has 0 amide bonds. The molecule has 0 saturated carbocycles. The first-order chi connectivity index (χ1) is 8.29. The fourth-order valence-corrected chi connectivity index (χ4v) is 2.01. The number of hydrogen-bond acceptors (Lipinski definition) is 2. The zero-order valence-electron chi connectivity index (χ0n) is 10.5. The smallest absolute Gasteiger partial charge is 0.304 e. The summed E-state index contributed by atoms with van der Waals surface area (Å²) < 4.78 is 31.2. The lowest BCUT2D eigenvalue weighted by Crippen LogP contribution is -2.23. The number of halogens is 2. The Morgan fingerprint density at radius 3 is 2.50 bits per heavy atom. The van der Waals surface area contributed by atoms with Gasteiger partial charge in [-0.25, -0.2) is 8.78 Å². The van der Waals surface area contributed by atoms with Crippen LogP contribution in [0.1, 0.15) is 37.8 Å². The molecule has 0 spiro atoms. The van der Waals surface area contributed by atoms with Gasteiger partial charge in [0.2, 0.25) is 0 Å². The summed E-state index contributed by atoms with van der Waals surface area (Å²) in [6.45, 7) is 3.25. The summed E-state index contributed by atoms with van der Waals surface area (Å²) in [6.07, 6.45) is -2.93. The number of aliphatic carboxylic acids is 1. The molecule has 0 radical (unpaired) electrons. The number of alkyl halides is 2. The van der Waals surface area contributed by atoms with E-state index in [1.807, 2.05) is 0 Å². The Balaban J connectivity index is 3.35. The van der Waals surface area contributed by atoms with Gasteiger partial charge in [-0.05, 0) is 11.6 Å². The molecule has 1 aromatic carbocycles. The SMILES string of the molecule is COc1cccc(C(C)(C)CC(=O)O)c1C(F)F. The highest BCUT2D eigenvalue weighted by Crippen LogP contribution is 2.39. The Hall–Kier alpha value is -1.65. The van der Waals surface area contributed by atoms with Gasteiger partial charge in [-0.2, -0.15) is 0 Å². The molecule has 0 atom stereocenters. The highest BCUT2D eigenvalue weighted by Gasteiger charge is 2.31. The Kier molecular flexibility index (Phi) is 4.27. The fraction of sp³-hybridized carbons (Fsp3) is 0.462. The highest BCUT2D eigenvalue weighted by atomic mass is 19.3. The lowest BCUT2D eigenvalue weighted by Gasteiger charge is -2.27. The molecule has 0 saturated heterocycles. The van der Waals surface area contributed by atoms with Crippen molar-refractivity contribution in [1.82, 2.24) is 0 Å². The molecule has 1 N–H and O–H groups in total. The lowest BCUT2D eigenvalue weighted by atomic mass is 9.79. The molecular weight excluding hydrogens is 242 g/mol. The first-order valence-electron chi connectivity index (χ1n) is 5.47. The fourth-order valence-electron chi connectivity index (χ4n) is 2.01. The Labute approximate surface area is 104 Å². The number of carboxylic acid groups (broad SMARTS) is 1. The molecule has 0 heterocycles. The van der Waals surface area contributed by atoms with Crippen LogP contribution in [0.25, 0.3) is 0 Å². The molecule has 0 aliphatic rings. The van der Waals surface area contributed by atoms with E-state index in [1.54, 1.807) is 19.9 Å². The summed E-state index contributed by atoms with van der Waals surface area (Å²) in [4.78, 5) is 10.8. The van der Waals surface area contributed by atoms with Crippen molar-refractivity contribution < 1.29 is 23.4 Å². The highest BCUT2D eigenvalue weighted by molar-refractivity contribution is 5.69. The average Bonchev–Trinajstić information content (AvgIpc) is 2.26. The van der Waals surface area contributed by atoms with Crippen molar-refractivity contribution in [2.45, 2.75) is 32.1 Å². The van der Waals surface area contributed by atoms with Crippen molar-refractivity contribution in [1.29, 1.82) is 0 Å². The minimum Gasteiger partial charge on any atom is -0.496 e. The third-order valence-electron chi connectivity index (χ3n) is 2.83. The molecule has 0 fully saturated rings. The first kappa shape index (κ1) is 14.4. The van der Waals surface area contributed by atoms with Gasteiger partial charge in [0.05, 0.1) is 19.1 Å². The number of hydrogen-bond donors (Lipinski definition) is 1. The third kappa shape index (κ3) is 2.97. The monoisotopic (exact) mass is 258 g/mol. The maximum absolute atomic E-state index is 13.1. The normalized spacial score (nSPS) is 11.7. The van der Waals surface area contributed by atoms with Crippen LogP contribution in [-0.4, -0.2) is 18.2 Å². The van der Waals surface area contributed by atoms with Crippen LogP contribution in [0.3, 0.4) is 0 Å². The molecular formula is C13H16F2O3. The van der Waals surface area contributed by atoms with Gasteiger partial charge >= 0.3 is 5.97 Å². The van der Waals surface area contributed by atoms with E-state index < -0.39 is 17.8 Å². The van der Waals surface area contributed by atoms with Gasteiger partial charge in [-0.15, -0.1) is 0 Å². The van der Waals surface area contributed by atoms with E-state index in [4.69, 9.17) is 9.84 Å². The maximum Gasteiger partial charge on any atom is 0.304 e. The van der Waals surface area contributed by atoms with E-state index in [0.29, 0.717) is 5.56 Å². The quantitative estimate of drug-likeness (QED) is 0.880. The van der Waals surface area contributed by atoms with Crippen LogP contribution in [0.15, 0.2) is 18.2 Å².